The summed E-state index contributed by atoms with van der Waals surface area (Å²) in [5.41, 5.74) is 8.42. The van der Waals surface area contributed by atoms with Crippen molar-refractivity contribution in [1.82, 2.24) is 28.9 Å². The SMILES string of the molecule is COc1ccc2c(c1)C=C(c1c(C(=O)N3CCN(C)CC3)c(C)nn1C)Cn1c-2c(C2CCCCC2)c2ccc(C(=O)NS(=O)(=O)C(C)C)cc21. The summed E-state index contributed by atoms with van der Waals surface area (Å²) in [6.45, 7) is 8.33. The molecule has 0 atom stereocenters. The second-order valence-electron chi connectivity index (χ2n) is 14.6. The Balaban J connectivity index is 1.45. The molecule has 2 fully saturated rings. The first-order valence-corrected chi connectivity index (χ1v) is 19.6. The zero-order chi connectivity index (χ0) is 36.2. The van der Waals surface area contributed by atoms with Gasteiger partial charge in [-0.25, -0.2) is 13.1 Å². The summed E-state index contributed by atoms with van der Waals surface area (Å²) in [4.78, 5) is 31.9. The molecule has 4 aromatic rings. The van der Waals surface area contributed by atoms with Crippen molar-refractivity contribution in [2.45, 2.75) is 70.6 Å². The van der Waals surface area contributed by atoms with E-state index in [1.807, 2.05) is 47.8 Å². The van der Waals surface area contributed by atoms with Crippen molar-refractivity contribution in [2.24, 2.45) is 7.05 Å². The molecule has 0 bridgehead atoms. The van der Waals surface area contributed by atoms with Crippen LogP contribution >= 0.6 is 0 Å². The van der Waals surface area contributed by atoms with Gasteiger partial charge in [-0.15, -0.1) is 0 Å². The van der Waals surface area contributed by atoms with Gasteiger partial charge in [0.1, 0.15) is 5.75 Å². The number of rotatable bonds is 7. The molecule has 2 aromatic carbocycles. The molecule has 2 aliphatic heterocycles. The van der Waals surface area contributed by atoms with Gasteiger partial charge in [-0.2, -0.15) is 5.10 Å². The zero-order valence-corrected chi connectivity index (χ0v) is 31.3. The van der Waals surface area contributed by atoms with E-state index in [1.54, 1.807) is 27.0 Å². The van der Waals surface area contributed by atoms with Gasteiger partial charge in [0.2, 0.25) is 10.0 Å². The number of fused-ring (bicyclic) bond motifs is 5. The van der Waals surface area contributed by atoms with Crippen molar-refractivity contribution in [3.05, 3.63) is 70.0 Å². The topological polar surface area (TPSA) is 119 Å². The number of nitrogens with one attached hydrogen (secondary N) is 1. The number of aromatic nitrogens is 3. The van der Waals surface area contributed by atoms with Crippen LogP contribution in [0.3, 0.4) is 0 Å². The number of carbonyl (C=O) groups excluding carboxylic acids is 2. The molecule has 7 rings (SSSR count). The molecular formula is C39H48N6O5S. The first kappa shape index (κ1) is 35.0. The van der Waals surface area contributed by atoms with E-state index in [1.165, 1.54) is 12.0 Å². The Morgan fingerprint density at radius 3 is 2.37 bits per heavy atom. The van der Waals surface area contributed by atoms with Crippen molar-refractivity contribution in [2.75, 3.05) is 40.3 Å². The number of benzene rings is 2. The Bertz CT molecular complexity index is 2160. The van der Waals surface area contributed by atoms with Gasteiger partial charge < -0.3 is 19.1 Å². The molecule has 1 saturated carbocycles. The number of ether oxygens (including phenoxy) is 1. The van der Waals surface area contributed by atoms with E-state index in [0.29, 0.717) is 36.8 Å². The van der Waals surface area contributed by atoms with Crippen LogP contribution in [-0.4, -0.2) is 90.0 Å². The van der Waals surface area contributed by atoms with Gasteiger partial charge in [0.15, 0.2) is 0 Å². The zero-order valence-electron chi connectivity index (χ0n) is 30.5. The third-order valence-electron chi connectivity index (χ3n) is 10.9. The molecule has 270 valence electrons. The minimum absolute atomic E-state index is 0.0227. The molecule has 11 nitrogen and oxygen atoms in total. The third kappa shape index (κ3) is 6.37. The number of methoxy groups -OCH3 is 1. The number of likely N-dealkylation sites (N-methyl/N-ethyl adjacent to an activating group) is 1. The maximum Gasteiger partial charge on any atom is 0.264 e. The summed E-state index contributed by atoms with van der Waals surface area (Å²) in [5.74, 6) is 0.374. The van der Waals surface area contributed by atoms with Gasteiger partial charge in [0.05, 0.1) is 41.5 Å². The highest BCUT2D eigenvalue weighted by molar-refractivity contribution is 7.90. The van der Waals surface area contributed by atoms with Crippen molar-refractivity contribution in [3.8, 4) is 17.0 Å². The second-order valence-corrected chi connectivity index (χ2v) is 16.8. The lowest BCUT2D eigenvalue weighted by atomic mass is 9.81. The molecule has 1 aliphatic carbocycles. The second kappa shape index (κ2) is 13.6. The molecule has 1 saturated heterocycles. The number of nitrogens with zero attached hydrogens (tertiary/aromatic N) is 5. The first-order valence-electron chi connectivity index (χ1n) is 18.0. The lowest BCUT2D eigenvalue weighted by molar-refractivity contribution is 0.0662. The molecule has 2 aromatic heterocycles. The number of amides is 2. The molecule has 1 N–H and O–H groups in total. The third-order valence-corrected chi connectivity index (χ3v) is 12.6. The Morgan fingerprint density at radius 2 is 1.69 bits per heavy atom. The highest BCUT2D eigenvalue weighted by atomic mass is 32.2. The van der Waals surface area contributed by atoms with Crippen LogP contribution in [0.4, 0.5) is 0 Å². The Hall–Kier alpha value is -4.42. The largest absolute Gasteiger partial charge is 0.497 e. The Kier molecular flexibility index (Phi) is 9.34. The molecule has 2 amide bonds. The van der Waals surface area contributed by atoms with E-state index in [2.05, 4.69) is 33.4 Å². The maximum atomic E-state index is 14.3. The number of carbonyl (C=O) groups is 2. The summed E-state index contributed by atoms with van der Waals surface area (Å²) in [7, 11) is 1.80. The predicted molar refractivity (Wildman–Crippen MR) is 200 cm³/mol. The summed E-state index contributed by atoms with van der Waals surface area (Å²) in [6.07, 6.45) is 7.80. The lowest BCUT2D eigenvalue weighted by Crippen LogP contribution is -2.47. The summed E-state index contributed by atoms with van der Waals surface area (Å²) in [5, 5.41) is 5.10. The average molecular weight is 713 g/mol. The Labute approximate surface area is 300 Å². The molecule has 12 heteroatoms. The molecule has 0 unspecified atom stereocenters. The standard InChI is InChI=1S/C39H48N6O5S/c1-24(2)51(48,49)41-38(46)27-12-14-32-33(22-27)45-23-29(36-34(25(3)40-43(36)5)39(47)44-18-16-42(4)17-19-44)20-28-21-30(50-6)13-15-31(28)37(45)35(32)26-10-8-7-9-11-26/h12-15,20-22,24,26H,7-11,16-19,23H2,1-6H3,(H,41,46). The molecular weight excluding hydrogens is 665 g/mol. The monoisotopic (exact) mass is 712 g/mol. The van der Waals surface area contributed by atoms with Gasteiger partial charge in [-0.3, -0.25) is 14.3 Å². The fraction of sp³-hybridized carbons (Fsp3) is 0.462. The van der Waals surface area contributed by atoms with Crippen molar-refractivity contribution >= 4 is 44.4 Å². The Morgan fingerprint density at radius 1 is 0.961 bits per heavy atom. The van der Waals surface area contributed by atoms with Crippen LogP contribution in [0.2, 0.25) is 0 Å². The molecule has 0 spiro atoms. The van der Waals surface area contributed by atoms with E-state index in [4.69, 9.17) is 9.84 Å². The smallest absolute Gasteiger partial charge is 0.264 e. The van der Waals surface area contributed by atoms with Crippen LogP contribution in [0, 0.1) is 6.92 Å². The van der Waals surface area contributed by atoms with Crippen molar-refractivity contribution in [1.29, 1.82) is 0 Å². The van der Waals surface area contributed by atoms with Crippen LogP contribution < -0.4 is 9.46 Å². The fourth-order valence-corrected chi connectivity index (χ4v) is 8.69. The highest BCUT2D eigenvalue weighted by Gasteiger charge is 2.33. The molecule has 0 radical (unpaired) electrons. The molecule has 4 heterocycles. The van der Waals surface area contributed by atoms with Crippen LogP contribution in [0.1, 0.15) is 95.1 Å². The van der Waals surface area contributed by atoms with Crippen LogP contribution in [0.15, 0.2) is 36.4 Å². The van der Waals surface area contributed by atoms with Crippen LogP contribution in [0.5, 0.6) is 5.75 Å². The predicted octanol–water partition coefficient (Wildman–Crippen LogP) is 5.82. The first-order chi connectivity index (χ1) is 24.4. The number of piperazine rings is 1. The van der Waals surface area contributed by atoms with Crippen molar-refractivity contribution < 1.29 is 22.7 Å². The van der Waals surface area contributed by atoms with E-state index in [0.717, 1.165) is 83.5 Å². The summed E-state index contributed by atoms with van der Waals surface area (Å²) in [6, 6.07) is 11.7. The number of sulfonamides is 1. The highest BCUT2D eigenvalue weighted by Crippen LogP contribution is 2.48. The lowest BCUT2D eigenvalue weighted by Gasteiger charge is -2.32. The van der Waals surface area contributed by atoms with Gasteiger partial charge >= 0.3 is 0 Å². The van der Waals surface area contributed by atoms with E-state index >= 15 is 0 Å². The maximum absolute atomic E-state index is 14.3. The normalized spacial score (nSPS) is 17.2. The summed E-state index contributed by atoms with van der Waals surface area (Å²) >= 11 is 0. The van der Waals surface area contributed by atoms with E-state index < -0.39 is 21.2 Å². The van der Waals surface area contributed by atoms with E-state index in [-0.39, 0.29) is 11.5 Å². The van der Waals surface area contributed by atoms with Crippen LogP contribution in [-0.2, 0) is 23.6 Å². The van der Waals surface area contributed by atoms with Gasteiger partial charge in [-0.05, 0) is 99.7 Å². The van der Waals surface area contributed by atoms with Crippen molar-refractivity contribution in [3.63, 3.8) is 0 Å². The fourth-order valence-electron chi connectivity index (χ4n) is 8.08. The number of aryl methyl sites for hydroxylation is 2. The quantitative estimate of drug-likeness (QED) is 0.257. The number of hydrogen-bond donors (Lipinski definition) is 1. The van der Waals surface area contributed by atoms with Gasteiger partial charge in [0, 0.05) is 55.3 Å². The van der Waals surface area contributed by atoms with Gasteiger partial charge in [0.25, 0.3) is 11.8 Å². The van der Waals surface area contributed by atoms with Crippen LogP contribution in [0.25, 0.3) is 33.8 Å². The average Bonchev–Trinajstić information content (AvgIpc) is 3.53. The minimum Gasteiger partial charge on any atom is -0.497 e. The number of hydrogen-bond acceptors (Lipinski definition) is 7. The molecule has 3 aliphatic rings. The minimum atomic E-state index is -3.83. The molecule has 51 heavy (non-hydrogen) atoms. The number of allylic oxidation sites excluding steroid dienone is 1. The van der Waals surface area contributed by atoms with E-state index in [9.17, 15) is 18.0 Å². The summed E-state index contributed by atoms with van der Waals surface area (Å²) < 4.78 is 37.5. The van der Waals surface area contributed by atoms with Gasteiger partial charge in [-0.1, -0.05) is 25.3 Å².